The molecule has 1 aliphatic rings. The molecule has 2 atom stereocenters. The van der Waals surface area contributed by atoms with Crippen LogP contribution in [0.1, 0.15) is 31.4 Å². The Balaban J connectivity index is 1.65. The van der Waals surface area contributed by atoms with Crippen molar-refractivity contribution in [1.82, 2.24) is 10.6 Å². The first kappa shape index (κ1) is 20.9. The number of nitrogens with zero attached hydrogens (tertiary/aromatic N) is 1. The number of oxime groups is 1. The Morgan fingerprint density at radius 2 is 1.79 bits per heavy atom. The van der Waals surface area contributed by atoms with Crippen LogP contribution in [0, 0.1) is 0 Å². The van der Waals surface area contributed by atoms with Crippen LogP contribution >= 0.6 is 11.6 Å². The SMILES string of the molecule is CC(C)NC(=O)[C@@H](Cc1ccccc1)NC(=O)[C@@H]1CC(c2ccc(Cl)cc2)=NO1. The lowest BCUT2D eigenvalue weighted by molar-refractivity contribution is -0.135. The van der Waals surface area contributed by atoms with Gasteiger partial charge in [0.2, 0.25) is 12.0 Å². The van der Waals surface area contributed by atoms with Crippen LogP contribution in [0.15, 0.2) is 59.8 Å². The maximum Gasteiger partial charge on any atom is 0.265 e. The molecule has 0 fully saturated rings. The molecular formula is C22H24ClN3O3. The van der Waals surface area contributed by atoms with E-state index in [0.717, 1.165) is 11.1 Å². The maximum atomic E-state index is 12.8. The number of rotatable bonds is 7. The van der Waals surface area contributed by atoms with Crippen LogP contribution in [0.25, 0.3) is 0 Å². The Morgan fingerprint density at radius 1 is 1.10 bits per heavy atom. The summed E-state index contributed by atoms with van der Waals surface area (Å²) in [5.41, 5.74) is 2.48. The fourth-order valence-corrected chi connectivity index (χ4v) is 3.17. The minimum Gasteiger partial charge on any atom is -0.382 e. The van der Waals surface area contributed by atoms with Crippen LogP contribution in [-0.2, 0) is 20.8 Å². The highest BCUT2D eigenvalue weighted by atomic mass is 35.5. The number of hydrogen-bond acceptors (Lipinski definition) is 4. The average molecular weight is 414 g/mol. The molecule has 2 amide bonds. The van der Waals surface area contributed by atoms with E-state index in [9.17, 15) is 9.59 Å². The van der Waals surface area contributed by atoms with Crippen molar-refractivity contribution in [2.75, 3.05) is 0 Å². The van der Waals surface area contributed by atoms with Crippen LogP contribution < -0.4 is 10.6 Å². The van der Waals surface area contributed by atoms with E-state index in [4.69, 9.17) is 16.4 Å². The summed E-state index contributed by atoms with van der Waals surface area (Å²) >= 11 is 5.91. The second-order valence-corrected chi connectivity index (χ2v) is 7.69. The van der Waals surface area contributed by atoms with Gasteiger partial charge in [0.1, 0.15) is 6.04 Å². The van der Waals surface area contributed by atoms with Crippen molar-refractivity contribution >= 4 is 29.1 Å². The van der Waals surface area contributed by atoms with Gasteiger partial charge in [-0.15, -0.1) is 0 Å². The van der Waals surface area contributed by atoms with Gasteiger partial charge < -0.3 is 15.5 Å². The van der Waals surface area contributed by atoms with E-state index in [-0.39, 0.29) is 17.9 Å². The third-order valence-corrected chi connectivity index (χ3v) is 4.74. The van der Waals surface area contributed by atoms with Gasteiger partial charge in [-0.1, -0.05) is 59.2 Å². The van der Waals surface area contributed by atoms with Crippen molar-refractivity contribution in [2.24, 2.45) is 5.16 Å². The normalized spacial score (nSPS) is 16.7. The zero-order valence-corrected chi connectivity index (χ0v) is 17.1. The van der Waals surface area contributed by atoms with Crippen LogP contribution in [0.4, 0.5) is 0 Å². The van der Waals surface area contributed by atoms with E-state index in [1.165, 1.54) is 0 Å². The quantitative estimate of drug-likeness (QED) is 0.732. The third kappa shape index (κ3) is 5.81. The summed E-state index contributed by atoms with van der Waals surface area (Å²) < 4.78 is 0. The molecule has 0 saturated carbocycles. The molecule has 6 nitrogen and oxygen atoms in total. The third-order valence-electron chi connectivity index (χ3n) is 4.49. The molecule has 0 radical (unpaired) electrons. The monoisotopic (exact) mass is 413 g/mol. The van der Waals surface area contributed by atoms with Crippen molar-refractivity contribution in [3.05, 3.63) is 70.7 Å². The number of carbonyl (C=O) groups excluding carboxylic acids is 2. The molecule has 3 rings (SSSR count). The number of nitrogens with one attached hydrogen (secondary N) is 2. The summed E-state index contributed by atoms with van der Waals surface area (Å²) in [4.78, 5) is 30.7. The standard InChI is InChI=1S/C22H24ClN3O3/c1-14(2)24-21(27)19(12-15-6-4-3-5-7-15)25-22(28)20-13-18(26-29-20)16-8-10-17(23)11-9-16/h3-11,14,19-20H,12-13H2,1-2H3,(H,24,27)(H,25,28)/t19-,20+/m1/s1. The second kappa shape index (κ2) is 9.56. The Morgan fingerprint density at radius 3 is 2.45 bits per heavy atom. The fraction of sp³-hybridized carbons (Fsp3) is 0.318. The van der Waals surface area contributed by atoms with Gasteiger partial charge in [-0.25, -0.2) is 0 Å². The molecule has 7 heteroatoms. The molecule has 0 bridgehead atoms. The topological polar surface area (TPSA) is 79.8 Å². The predicted molar refractivity (Wildman–Crippen MR) is 113 cm³/mol. The minimum absolute atomic E-state index is 0.0275. The highest BCUT2D eigenvalue weighted by Gasteiger charge is 2.32. The number of amides is 2. The summed E-state index contributed by atoms with van der Waals surface area (Å²) in [6.45, 7) is 3.76. The Hall–Kier alpha value is -2.86. The van der Waals surface area contributed by atoms with Crippen LogP contribution in [0.3, 0.4) is 0 Å². The lowest BCUT2D eigenvalue weighted by atomic mass is 10.0. The Labute approximate surface area is 175 Å². The smallest absolute Gasteiger partial charge is 0.265 e. The van der Waals surface area contributed by atoms with Crippen molar-refractivity contribution < 1.29 is 14.4 Å². The molecular weight excluding hydrogens is 390 g/mol. The minimum atomic E-state index is -0.772. The summed E-state index contributed by atoms with van der Waals surface area (Å²) in [6.07, 6.45) is -0.0501. The second-order valence-electron chi connectivity index (χ2n) is 7.26. The number of hydrogen-bond donors (Lipinski definition) is 2. The maximum absolute atomic E-state index is 12.8. The van der Waals surface area contributed by atoms with Gasteiger partial charge in [-0.3, -0.25) is 9.59 Å². The molecule has 0 aliphatic carbocycles. The van der Waals surface area contributed by atoms with Crippen LogP contribution in [-0.4, -0.2) is 35.7 Å². The molecule has 0 unspecified atom stereocenters. The molecule has 29 heavy (non-hydrogen) atoms. The highest BCUT2D eigenvalue weighted by molar-refractivity contribution is 6.30. The largest absolute Gasteiger partial charge is 0.382 e. The number of benzene rings is 2. The fourth-order valence-electron chi connectivity index (χ4n) is 3.04. The van der Waals surface area contributed by atoms with Crippen LogP contribution in [0.5, 0.6) is 0 Å². The van der Waals surface area contributed by atoms with Gasteiger partial charge in [0.05, 0.1) is 5.71 Å². The van der Waals surface area contributed by atoms with Crippen molar-refractivity contribution in [2.45, 2.75) is 44.9 Å². The molecule has 0 saturated heterocycles. The van der Waals surface area contributed by atoms with Gasteiger partial charge in [-0.05, 0) is 37.1 Å². The Bertz CT molecular complexity index is 882. The molecule has 152 valence electrons. The lowest BCUT2D eigenvalue weighted by Crippen LogP contribution is -2.52. The van der Waals surface area contributed by atoms with E-state index in [1.807, 2.05) is 56.3 Å². The van der Waals surface area contributed by atoms with Crippen LogP contribution in [0.2, 0.25) is 5.02 Å². The zero-order chi connectivity index (χ0) is 20.8. The van der Waals surface area contributed by atoms with Gasteiger partial charge in [0, 0.05) is 23.9 Å². The first-order valence-electron chi connectivity index (χ1n) is 9.55. The summed E-state index contributed by atoms with van der Waals surface area (Å²) in [5, 5.41) is 10.3. The first-order chi connectivity index (χ1) is 13.9. The molecule has 2 N–H and O–H groups in total. The van der Waals surface area contributed by atoms with E-state index < -0.39 is 12.1 Å². The van der Waals surface area contributed by atoms with Crippen molar-refractivity contribution in [3.63, 3.8) is 0 Å². The summed E-state index contributed by atoms with van der Waals surface area (Å²) in [7, 11) is 0. The van der Waals surface area contributed by atoms with E-state index >= 15 is 0 Å². The van der Waals surface area contributed by atoms with Crippen molar-refractivity contribution in [1.29, 1.82) is 0 Å². The van der Waals surface area contributed by atoms with Gasteiger partial charge in [-0.2, -0.15) is 0 Å². The molecule has 1 aliphatic heterocycles. The average Bonchev–Trinajstić information content (AvgIpc) is 3.18. The van der Waals surface area contributed by atoms with Gasteiger partial charge >= 0.3 is 0 Å². The first-order valence-corrected chi connectivity index (χ1v) is 9.93. The molecule has 0 spiro atoms. The molecule has 0 aromatic heterocycles. The summed E-state index contributed by atoms with van der Waals surface area (Å²) in [6, 6.07) is 16.0. The molecule has 2 aromatic rings. The Kier molecular flexibility index (Phi) is 6.88. The highest BCUT2D eigenvalue weighted by Crippen LogP contribution is 2.19. The molecule has 2 aromatic carbocycles. The lowest BCUT2D eigenvalue weighted by Gasteiger charge is -2.21. The summed E-state index contributed by atoms with van der Waals surface area (Å²) in [5.74, 6) is -0.591. The van der Waals surface area contributed by atoms with Gasteiger partial charge in [0.15, 0.2) is 0 Å². The van der Waals surface area contributed by atoms with Crippen molar-refractivity contribution in [3.8, 4) is 0 Å². The predicted octanol–water partition coefficient (Wildman–Crippen LogP) is 3.09. The van der Waals surface area contributed by atoms with E-state index in [2.05, 4.69) is 15.8 Å². The number of halogens is 1. The van der Waals surface area contributed by atoms with E-state index in [0.29, 0.717) is 23.6 Å². The molecule has 1 heterocycles. The van der Waals surface area contributed by atoms with E-state index in [1.54, 1.807) is 12.1 Å². The van der Waals surface area contributed by atoms with Gasteiger partial charge in [0.25, 0.3) is 5.91 Å². The zero-order valence-electron chi connectivity index (χ0n) is 16.4. The number of carbonyl (C=O) groups is 2.